The van der Waals surface area contributed by atoms with Crippen LogP contribution in [0.25, 0.3) is 16.5 Å². The lowest BCUT2D eigenvalue weighted by atomic mass is 10.1. The molecule has 1 aliphatic heterocycles. The van der Waals surface area contributed by atoms with Crippen LogP contribution in [-0.4, -0.2) is 43.1 Å². The van der Waals surface area contributed by atoms with Gasteiger partial charge in [-0.1, -0.05) is 24.6 Å². The average Bonchev–Trinajstić information content (AvgIpc) is 3.00. The monoisotopic (exact) mass is 444 g/mol. The van der Waals surface area contributed by atoms with Gasteiger partial charge in [0.05, 0.1) is 16.8 Å². The lowest BCUT2D eigenvalue weighted by Gasteiger charge is -2.27. The maximum Gasteiger partial charge on any atom is 0.279 e. The number of nitrogens with zero attached hydrogens (tertiary/aromatic N) is 3. The molecule has 164 valence electrons. The first-order valence-electron chi connectivity index (χ1n) is 10.4. The number of halogens is 1. The normalized spacial score (nSPS) is 17.6. The number of anilines is 1. The quantitative estimate of drug-likeness (QED) is 0.654. The summed E-state index contributed by atoms with van der Waals surface area (Å²) in [6.45, 7) is 2.77. The highest BCUT2D eigenvalue weighted by Gasteiger charge is 2.25. The third-order valence-corrected chi connectivity index (χ3v) is 7.01. The van der Waals surface area contributed by atoms with Crippen LogP contribution in [0.3, 0.4) is 0 Å². The van der Waals surface area contributed by atoms with Gasteiger partial charge in [-0.05, 0) is 50.1 Å². The highest BCUT2D eigenvalue weighted by molar-refractivity contribution is 7.89. The number of aromatic nitrogens is 2. The highest BCUT2D eigenvalue weighted by Crippen LogP contribution is 2.26. The maximum absolute atomic E-state index is 13.4. The summed E-state index contributed by atoms with van der Waals surface area (Å²) in [6.07, 6.45) is 2.52. The molecule has 2 aromatic carbocycles. The number of rotatable bonds is 5. The van der Waals surface area contributed by atoms with Gasteiger partial charge < -0.3 is 4.90 Å². The van der Waals surface area contributed by atoms with E-state index in [1.54, 1.807) is 19.1 Å². The predicted molar refractivity (Wildman–Crippen MR) is 120 cm³/mol. The second-order valence-electron chi connectivity index (χ2n) is 7.72. The van der Waals surface area contributed by atoms with Gasteiger partial charge in [0.15, 0.2) is 5.82 Å². The Morgan fingerprint density at radius 3 is 2.52 bits per heavy atom. The van der Waals surface area contributed by atoms with Gasteiger partial charge in [-0.15, -0.1) is 5.10 Å². The molecule has 1 unspecified atom stereocenters. The lowest BCUT2D eigenvalue weighted by Crippen LogP contribution is -2.43. The number of hydrogen-bond donors (Lipinski definition) is 1. The predicted octanol–water partition coefficient (Wildman–Crippen LogP) is 2.82. The summed E-state index contributed by atoms with van der Waals surface area (Å²) in [5, 5.41) is 5.87. The van der Waals surface area contributed by atoms with Gasteiger partial charge in [-0.25, -0.2) is 17.5 Å². The van der Waals surface area contributed by atoms with E-state index < -0.39 is 15.8 Å². The van der Waals surface area contributed by atoms with E-state index in [4.69, 9.17) is 0 Å². The van der Waals surface area contributed by atoms with E-state index in [0.29, 0.717) is 35.4 Å². The molecule has 4 rings (SSSR count). The topological polar surface area (TPSA) is 84.3 Å². The SMILES string of the molecule is CCS(=O)(=O)NC1CCCCN(c2nn(-c3ccc(F)cc3)c(=O)c3ccccc23)C1. The molecule has 9 heteroatoms. The molecule has 1 fully saturated rings. The van der Waals surface area contributed by atoms with Crippen molar-refractivity contribution in [3.8, 4) is 5.69 Å². The number of fused-ring (bicyclic) bond motifs is 1. The Hall–Kier alpha value is -2.78. The van der Waals surface area contributed by atoms with E-state index in [2.05, 4.69) is 9.82 Å². The van der Waals surface area contributed by atoms with Crippen LogP contribution in [0.5, 0.6) is 0 Å². The molecule has 0 bridgehead atoms. The Labute approximate surface area is 180 Å². The van der Waals surface area contributed by atoms with E-state index in [-0.39, 0.29) is 17.4 Å². The zero-order valence-corrected chi connectivity index (χ0v) is 18.1. The Morgan fingerprint density at radius 2 is 1.81 bits per heavy atom. The van der Waals surface area contributed by atoms with Crippen molar-refractivity contribution in [1.29, 1.82) is 0 Å². The van der Waals surface area contributed by atoms with Crippen molar-refractivity contribution < 1.29 is 12.8 Å². The van der Waals surface area contributed by atoms with Crippen LogP contribution >= 0.6 is 0 Å². The fourth-order valence-electron chi connectivity index (χ4n) is 3.93. The molecule has 0 saturated carbocycles. The molecular formula is C22H25FN4O3S. The van der Waals surface area contributed by atoms with Crippen LogP contribution < -0.4 is 15.2 Å². The fourth-order valence-corrected chi connectivity index (χ4v) is 4.80. The molecule has 7 nitrogen and oxygen atoms in total. The molecule has 0 spiro atoms. The van der Waals surface area contributed by atoms with Crippen LogP contribution in [0.15, 0.2) is 53.3 Å². The van der Waals surface area contributed by atoms with Gasteiger partial charge in [-0.3, -0.25) is 4.79 Å². The molecule has 2 heterocycles. The molecule has 0 radical (unpaired) electrons. The summed E-state index contributed by atoms with van der Waals surface area (Å²) in [5.41, 5.74) is 0.181. The molecule has 31 heavy (non-hydrogen) atoms. The molecule has 1 aromatic heterocycles. The van der Waals surface area contributed by atoms with Gasteiger partial charge in [0, 0.05) is 24.5 Å². The zero-order valence-electron chi connectivity index (χ0n) is 17.3. The minimum atomic E-state index is -3.33. The van der Waals surface area contributed by atoms with Crippen LogP contribution in [0, 0.1) is 5.82 Å². The Bertz CT molecular complexity index is 1240. The van der Waals surface area contributed by atoms with E-state index in [9.17, 15) is 17.6 Å². The molecule has 1 aliphatic rings. The molecule has 0 aliphatic carbocycles. The largest absolute Gasteiger partial charge is 0.353 e. The van der Waals surface area contributed by atoms with Gasteiger partial charge in [0.2, 0.25) is 10.0 Å². The first-order valence-corrected chi connectivity index (χ1v) is 12.1. The van der Waals surface area contributed by atoms with Crippen LogP contribution in [0.2, 0.25) is 0 Å². The summed E-state index contributed by atoms with van der Waals surface area (Å²) in [5.74, 6) is 0.249. The smallest absolute Gasteiger partial charge is 0.279 e. The van der Waals surface area contributed by atoms with Gasteiger partial charge in [-0.2, -0.15) is 4.68 Å². The molecule has 1 saturated heterocycles. The maximum atomic E-state index is 13.4. The van der Waals surface area contributed by atoms with Gasteiger partial charge in [0.1, 0.15) is 5.82 Å². The summed E-state index contributed by atoms with van der Waals surface area (Å²) < 4.78 is 41.7. The summed E-state index contributed by atoms with van der Waals surface area (Å²) in [7, 11) is -3.33. The van der Waals surface area contributed by atoms with Crippen molar-refractivity contribution in [2.45, 2.75) is 32.2 Å². The fraction of sp³-hybridized carbons (Fsp3) is 0.364. The summed E-state index contributed by atoms with van der Waals surface area (Å²) in [6, 6.07) is 12.6. The number of nitrogens with one attached hydrogen (secondary N) is 1. The lowest BCUT2D eigenvalue weighted by molar-refractivity contribution is 0.531. The van der Waals surface area contributed by atoms with Gasteiger partial charge in [0.25, 0.3) is 5.56 Å². The van der Waals surface area contributed by atoms with Crippen LogP contribution in [-0.2, 0) is 10.0 Å². The first kappa shape index (κ1) is 21.5. The second kappa shape index (κ2) is 8.76. The Kier molecular flexibility index (Phi) is 6.06. The standard InChI is InChI=1S/C22H25FN4O3S/c1-2-31(29,30)25-17-7-5-6-14-26(15-17)21-19-8-3-4-9-20(19)22(28)27(24-21)18-12-10-16(23)11-13-18/h3-4,8-13,17,25H,2,5-7,14-15H2,1H3. The van der Waals surface area contributed by atoms with Crippen molar-refractivity contribution in [2.24, 2.45) is 0 Å². The molecule has 1 N–H and O–H groups in total. The zero-order chi connectivity index (χ0) is 22.0. The molecule has 0 amide bonds. The number of sulfonamides is 1. The Morgan fingerprint density at radius 1 is 1.10 bits per heavy atom. The van der Waals surface area contributed by atoms with Crippen molar-refractivity contribution in [2.75, 3.05) is 23.7 Å². The summed E-state index contributed by atoms with van der Waals surface area (Å²) in [4.78, 5) is 15.1. The number of benzene rings is 2. The second-order valence-corrected chi connectivity index (χ2v) is 9.77. The van der Waals surface area contributed by atoms with Crippen LogP contribution in [0.1, 0.15) is 26.2 Å². The molecule has 3 aromatic rings. The average molecular weight is 445 g/mol. The van der Waals surface area contributed by atoms with Crippen molar-refractivity contribution >= 4 is 26.6 Å². The minimum Gasteiger partial charge on any atom is -0.353 e. The van der Waals surface area contributed by atoms with E-state index in [0.717, 1.165) is 19.3 Å². The van der Waals surface area contributed by atoms with E-state index in [1.807, 2.05) is 17.0 Å². The van der Waals surface area contributed by atoms with Crippen molar-refractivity contribution in [1.82, 2.24) is 14.5 Å². The summed E-state index contributed by atoms with van der Waals surface area (Å²) >= 11 is 0. The third kappa shape index (κ3) is 4.62. The molecular weight excluding hydrogens is 419 g/mol. The van der Waals surface area contributed by atoms with E-state index in [1.165, 1.54) is 28.9 Å². The third-order valence-electron chi connectivity index (χ3n) is 5.55. The number of hydrogen-bond acceptors (Lipinski definition) is 5. The first-order chi connectivity index (χ1) is 14.9. The van der Waals surface area contributed by atoms with Crippen molar-refractivity contribution in [3.63, 3.8) is 0 Å². The van der Waals surface area contributed by atoms with E-state index >= 15 is 0 Å². The Balaban J connectivity index is 1.81. The minimum absolute atomic E-state index is 0.0279. The molecule has 1 atom stereocenters. The van der Waals surface area contributed by atoms with Crippen LogP contribution in [0.4, 0.5) is 10.2 Å². The highest BCUT2D eigenvalue weighted by atomic mass is 32.2. The van der Waals surface area contributed by atoms with Gasteiger partial charge >= 0.3 is 0 Å². The van der Waals surface area contributed by atoms with Crippen molar-refractivity contribution in [3.05, 3.63) is 64.7 Å².